The average Bonchev–Trinajstić information content (AvgIpc) is 2.63. The maximum Gasteiger partial charge on any atom is 0.416 e. The molecule has 0 heterocycles. The Morgan fingerprint density at radius 2 is 1.85 bits per heavy atom. The van der Waals surface area contributed by atoms with Crippen LogP contribution in [0.4, 0.5) is 13.2 Å². The normalized spacial score (nSPS) is 11.0. The topological polar surface area (TPSA) is 60.1 Å². The fourth-order valence-electron chi connectivity index (χ4n) is 2.18. The zero-order valence-electron chi connectivity index (χ0n) is 15.0. The zero-order chi connectivity index (χ0) is 19.7. The van der Waals surface area contributed by atoms with Gasteiger partial charge < -0.3 is 0 Å². The molecule has 0 atom stereocenters. The first-order valence-corrected chi connectivity index (χ1v) is 8.08. The van der Waals surface area contributed by atoms with Gasteiger partial charge in [-0.25, -0.2) is 5.53 Å². The van der Waals surface area contributed by atoms with E-state index in [4.69, 9.17) is 10.9 Å². The Hall–Kier alpha value is -2.76. The van der Waals surface area contributed by atoms with Crippen molar-refractivity contribution >= 4 is 11.9 Å². The SMILES string of the molecule is C/C=C\c1cc(C(=N)N=N)ccc1C.CCc1cccc(C(F)(F)F)c1. The van der Waals surface area contributed by atoms with Crippen LogP contribution in [-0.4, -0.2) is 5.84 Å². The predicted octanol–water partition coefficient (Wildman–Crippen LogP) is 6.65. The Morgan fingerprint density at radius 3 is 2.38 bits per heavy atom. The first-order valence-electron chi connectivity index (χ1n) is 8.08. The molecule has 0 aliphatic rings. The number of nitrogens with zero attached hydrogens (tertiary/aromatic N) is 1. The summed E-state index contributed by atoms with van der Waals surface area (Å²) in [7, 11) is 0. The lowest BCUT2D eigenvalue weighted by atomic mass is 10.0. The summed E-state index contributed by atoms with van der Waals surface area (Å²) in [5, 5.41) is 10.5. The minimum Gasteiger partial charge on any atom is -0.281 e. The van der Waals surface area contributed by atoms with Gasteiger partial charge in [-0.3, -0.25) is 5.41 Å². The number of hydrogen-bond acceptors (Lipinski definition) is 2. The molecule has 2 aromatic rings. The van der Waals surface area contributed by atoms with E-state index in [-0.39, 0.29) is 5.84 Å². The first-order chi connectivity index (χ1) is 12.2. The molecule has 0 aliphatic carbocycles. The molecule has 0 bridgehead atoms. The van der Waals surface area contributed by atoms with Gasteiger partial charge in [0.05, 0.1) is 5.56 Å². The van der Waals surface area contributed by atoms with Gasteiger partial charge in [-0.05, 0) is 49.1 Å². The molecular weight excluding hydrogens is 339 g/mol. The standard InChI is InChI=1S/C11H13N3.C9H9F3/c1-3-4-9-7-10(11(12)14-13)6-5-8(9)2;1-2-7-4-3-5-8(6-7)9(10,11)12/h3-7,12-13H,1-2H3;3-6H,2H2,1H3/b4-3-,12-11?,14-13?;. The van der Waals surface area contributed by atoms with Crippen molar-refractivity contribution in [2.24, 2.45) is 5.11 Å². The summed E-state index contributed by atoms with van der Waals surface area (Å²) in [5.74, 6) is -0.00393. The van der Waals surface area contributed by atoms with E-state index < -0.39 is 11.7 Å². The van der Waals surface area contributed by atoms with Gasteiger partial charge in [0, 0.05) is 5.56 Å². The molecule has 3 nitrogen and oxygen atoms in total. The van der Waals surface area contributed by atoms with Crippen LogP contribution in [-0.2, 0) is 12.6 Å². The summed E-state index contributed by atoms with van der Waals surface area (Å²) < 4.78 is 36.3. The van der Waals surface area contributed by atoms with Crippen molar-refractivity contribution in [3.05, 3.63) is 76.4 Å². The van der Waals surface area contributed by atoms with Gasteiger partial charge >= 0.3 is 6.18 Å². The highest BCUT2D eigenvalue weighted by Gasteiger charge is 2.30. The van der Waals surface area contributed by atoms with Gasteiger partial charge in [0.15, 0.2) is 5.84 Å². The second-order valence-electron chi connectivity index (χ2n) is 5.58. The molecule has 2 rings (SSSR count). The van der Waals surface area contributed by atoms with Crippen LogP contribution in [0.3, 0.4) is 0 Å². The molecule has 2 N–H and O–H groups in total. The molecule has 6 heteroatoms. The Labute approximate surface area is 151 Å². The van der Waals surface area contributed by atoms with Gasteiger partial charge in [0.1, 0.15) is 0 Å². The minimum atomic E-state index is -4.22. The van der Waals surface area contributed by atoms with Gasteiger partial charge in [0.25, 0.3) is 0 Å². The molecular formula is C20H22F3N3. The van der Waals surface area contributed by atoms with Crippen LogP contribution in [0.25, 0.3) is 6.08 Å². The van der Waals surface area contributed by atoms with Crippen molar-refractivity contribution < 1.29 is 13.2 Å². The van der Waals surface area contributed by atoms with Crippen molar-refractivity contribution in [1.29, 1.82) is 10.9 Å². The molecule has 0 radical (unpaired) electrons. The number of benzene rings is 2. The first kappa shape index (κ1) is 21.3. The highest BCUT2D eigenvalue weighted by molar-refractivity contribution is 5.97. The van der Waals surface area contributed by atoms with E-state index >= 15 is 0 Å². The molecule has 2 aromatic carbocycles. The Balaban J connectivity index is 0.000000263. The Bertz CT molecular complexity index is 793. The molecule has 0 amide bonds. The van der Waals surface area contributed by atoms with E-state index in [0.717, 1.165) is 17.2 Å². The maximum absolute atomic E-state index is 12.1. The van der Waals surface area contributed by atoms with E-state index in [1.807, 2.05) is 51.1 Å². The number of nitrogens with one attached hydrogen (secondary N) is 2. The largest absolute Gasteiger partial charge is 0.416 e. The Kier molecular flexibility index (Phi) is 7.90. The molecule has 0 spiro atoms. The number of amidine groups is 1. The van der Waals surface area contributed by atoms with E-state index in [1.165, 1.54) is 12.1 Å². The molecule has 0 saturated heterocycles. The predicted molar refractivity (Wildman–Crippen MR) is 98.7 cm³/mol. The lowest BCUT2D eigenvalue weighted by Gasteiger charge is -2.06. The lowest BCUT2D eigenvalue weighted by Crippen LogP contribution is -2.04. The quantitative estimate of drug-likeness (QED) is 0.349. The van der Waals surface area contributed by atoms with Gasteiger partial charge in [-0.2, -0.15) is 13.2 Å². The zero-order valence-corrected chi connectivity index (χ0v) is 15.0. The molecule has 0 aromatic heterocycles. The van der Waals surface area contributed by atoms with Crippen molar-refractivity contribution in [3.63, 3.8) is 0 Å². The number of alkyl halides is 3. The summed E-state index contributed by atoms with van der Waals surface area (Å²) >= 11 is 0. The van der Waals surface area contributed by atoms with Crippen LogP contribution < -0.4 is 0 Å². The molecule has 0 saturated carbocycles. The van der Waals surface area contributed by atoms with Crippen LogP contribution in [0, 0.1) is 17.9 Å². The second kappa shape index (κ2) is 9.65. The third-order valence-electron chi connectivity index (χ3n) is 3.67. The van der Waals surface area contributed by atoms with Crippen LogP contribution >= 0.6 is 0 Å². The number of allylic oxidation sites excluding steroid dienone is 1. The van der Waals surface area contributed by atoms with Gasteiger partial charge in [-0.15, -0.1) is 5.11 Å². The summed E-state index contributed by atoms with van der Waals surface area (Å²) in [6.07, 6.45) is 0.346. The number of rotatable bonds is 3. The molecule has 0 fully saturated rings. The fraction of sp³-hybridized carbons (Fsp3) is 0.250. The van der Waals surface area contributed by atoms with Crippen LogP contribution in [0.2, 0.25) is 0 Å². The van der Waals surface area contributed by atoms with Gasteiger partial charge in [-0.1, -0.05) is 49.4 Å². The summed E-state index contributed by atoms with van der Waals surface area (Å²) in [6, 6.07) is 11.0. The summed E-state index contributed by atoms with van der Waals surface area (Å²) in [4.78, 5) is 0. The minimum absolute atomic E-state index is 0.00393. The number of aryl methyl sites for hydroxylation is 2. The van der Waals surface area contributed by atoms with E-state index in [1.54, 1.807) is 6.07 Å². The monoisotopic (exact) mass is 361 g/mol. The average molecular weight is 361 g/mol. The molecule has 0 aliphatic heterocycles. The summed E-state index contributed by atoms with van der Waals surface area (Å²) in [6.45, 7) is 5.79. The van der Waals surface area contributed by atoms with Crippen LogP contribution in [0.15, 0.2) is 53.7 Å². The molecule has 26 heavy (non-hydrogen) atoms. The number of hydrogen-bond donors (Lipinski definition) is 2. The summed E-state index contributed by atoms with van der Waals surface area (Å²) in [5.41, 5.74) is 9.80. The van der Waals surface area contributed by atoms with Crippen LogP contribution in [0.1, 0.15) is 41.7 Å². The third-order valence-corrected chi connectivity index (χ3v) is 3.67. The van der Waals surface area contributed by atoms with Crippen molar-refractivity contribution in [1.82, 2.24) is 0 Å². The van der Waals surface area contributed by atoms with E-state index in [0.29, 0.717) is 17.5 Å². The maximum atomic E-state index is 12.1. The molecule has 0 unspecified atom stereocenters. The smallest absolute Gasteiger partial charge is 0.281 e. The second-order valence-corrected chi connectivity index (χ2v) is 5.58. The van der Waals surface area contributed by atoms with Gasteiger partial charge in [0.2, 0.25) is 0 Å². The van der Waals surface area contributed by atoms with Crippen LogP contribution in [0.5, 0.6) is 0 Å². The van der Waals surface area contributed by atoms with E-state index in [2.05, 4.69) is 5.11 Å². The fourth-order valence-corrected chi connectivity index (χ4v) is 2.18. The van der Waals surface area contributed by atoms with Crippen molar-refractivity contribution in [2.75, 3.05) is 0 Å². The van der Waals surface area contributed by atoms with Crippen molar-refractivity contribution in [3.8, 4) is 0 Å². The highest BCUT2D eigenvalue weighted by Crippen LogP contribution is 2.29. The van der Waals surface area contributed by atoms with E-state index in [9.17, 15) is 13.2 Å². The third kappa shape index (κ3) is 6.27. The lowest BCUT2D eigenvalue weighted by molar-refractivity contribution is -0.137. The number of halogens is 3. The molecule has 138 valence electrons. The Morgan fingerprint density at radius 1 is 1.15 bits per heavy atom. The highest BCUT2D eigenvalue weighted by atomic mass is 19.4. The van der Waals surface area contributed by atoms with Crippen molar-refractivity contribution in [2.45, 2.75) is 33.4 Å².